The van der Waals surface area contributed by atoms with Crippen molar-refractivity contribution in [1.82, 2.24) is 14.5 Å². The molecule has 0 unspecified atom stereocenters. The zero-order valence-corrected chi connectivity index (χ0v) is 26.3. The number of carbonyl (C=O) groups excluding carboxylic acids is 1. The van der Waals surface area contributed by atoms with Crippen molar-refractivity contribution in [3.8, 4) is 16.9 Å². The Hall–Kier alpha value is -3.59. The molecule has 2 aliphatic heterocycles. The number of rotatable bonds is 4. The van der Waals surface area contributed by atoms with Crippen molar-refractivity contribution in [2.45, 2.75) is 69.4 Å². The maximum absolute atomic E-state index is 15.2. The van der Waals surface area contributed by atoms with Crippen molar-refractivity contribution in [2.75, 3.05) is 37.5 Å². The lowest BCUT2D eigenvalue weighted by Crippen LogP contribution is -2.60. The van der Waals surface area contributed by atoms with E-state index in [4.69, 9.17) is 9.47 Å². The fourth-order valence-electron chi connectivity index (χ4n) is 6.04. The Morgan fingerprint density at radius 2 is 1.73 bits per heavy atom. The van der Waals surface area contributed by atoms with Gasteiger partial charge in [0.25, 0.3) is 0 Å². The van der Waals surface area contributed by atoms with Gasteiger partial charge in [-0.1, -0.05) is 0 Å². The highest BCUT2D eigenvalue weighted by Crippen LogP contribution is 2.51. The van der Waals surface area contributed by atoms with Gasteiger partial charge in [-0.05, 0) is 46.8 Å². The van der Waals surface area contributed by atoms with Crippen LogP contribution in [0.1, 0.15) is 46.2 Å². The van der Waals surface area contributed by atoms with Crippen LogP contribution in [0.5, 0.6) is 5.75 Å². The number of nitrogens with zero attached hydrogens (tertiary/aromatic N) is 4. The molecule has 244 valence electrons. The quantitative estimate of drug-likeness (QED) is 0.332. The highest BCUT2D eigenvalue weighted by atomic mass is 32.2. The first-order chi connectivity index (χ1) is 20.9. The zero-order valence-electron chi connectivity index (χ0n) is 25.5. The van der Waals surface area contributed by atoms with E-state index in [1.165, 1.54) is 11.7 Å². The van der Waals surface area contributed by atoms with E-state index in [-0.39, 0.29) is 47.1 Å². The molecule has 1 fully saturated rings. The molecule has 45 heavy (non-hydrogen) atoms. The summed E-state index contributed by atoms with van der Waals surface area (Å²) >= 11 is 0.977. The van der Waals surface area contributed by atoms with Crippen LogP contribution in [0.3, 0.4) is 0 Å². The molecule has 0 bridgehead atoms. The summed E-state index contributed by atoms with van der Waals surface area (Å²) < 4.78 is 85.7. The van der Waals surface area contributed by atoms with Gasteiger partial charge < -0.3 is 19.5 Å². The van der Waals surface area contributed by atoms with Crippen molar-refractivity contribution in [3.63, 3.8) is 0 Å². The van der Waals surface area contributed by atoms with Gasteiger partial charge in [0.2, 0.25) is 0 Å². The summed E-state index contributed by atoms with van der Waals surface area (Å²) in [5.41, 5.74) is -3.93. The lowest BCUT2D eigenvalue weighted by atomic mass is 9.95. The predicted molar refractivity (Wildman–Crippen MR) is 159 cm³/mol. The number of piperazine rings is 1. The lowest BCUT2D eigenvalue weighted by molar-refractivity contribution is -0.137. The van der Waals surface area contributed by atoms with Gasteiger partial charge in [0.05, 0.1) is 35.8 Å². The van der Waals surface area contributed by atoms with Crippen LogP contribution in [0.15, 0.2) is 27.9 Å². The van der Waals surface area contributed by atoms with Gasteiger partial charge in [0.1, 0.15) is 17.2 Å². The van der Waals surface area contributed by atoms with Crippen LogP contribution in [0.4, 0.5) is 32.6 Å². The summed E-state index contributed by atoms with van der Waals surface area (Å²) in [5, 5.41) is 10.0. The van der Waals surface area contributed by atoms with Crippen molar-refractivity contribution < 1.29 is 41.3 Å². The third-order valence-corrected chi connectivity index (χ3v) is 8.96. The number of amides is 1. The summed E-state index contributed by atoms with van der Waals surface area (Å²) in [6.07, 6.45) is -5.56. The number of halogens is 5. The number of thioether (sulfide) groups is 1. The van der Waals surface area contributed by atoms with E-state index < -0.39 is 75.8 Å². The molecular weight excluding hydrogens is 623 g/mol. The second-order valence-electron chi connectivity index (χ2n) is 12.3. The molecule has 3 atom stereocenters. The van der Waals surface area contributed by atoms with Gasteiger partial charge in [-0.15, -0.1) is 11.8 Å². The number of ether oxygens (including phenoxy) is 2. The maximum atomic E-state index is 15.2. The maximum Gasteiger partial charge on any atom is 0.417 e. The smallest absolute Gasteiger partial charge is 0.417 e. The van der Waals surface area contributed by atoms with Crippen LogP contribution in [0.2, 0.25) is 0 Å². The van der Waals surface area contributed by atoms with Gasteiger partial charge in [-0.25, -0.2) is 18.4 Å². The van der Waals surface area contributed by atoms with Crippen molar-refractivity contribution in [3.05, 3.63) is 45.9 Å². The first kappa shape index (κ1) is 32.8. The van der Waals surface area contributed by atoms with Crippen LogP contribution < -0.4 is 10.6 Å². The molecule has 1 amide bonds. The minimum atomic E-state index is -5.02. The number of aromatic nitrogens is 2. The van der Waals surface area contributed by atoms with Gasteiger partial charge >= 0.3 is 18.0 Å². The Morgan fingerprint density at radius 1 is 1.09 bits per heavy atom. The topological polar surface area (TPSA) is 97.1 Å². The Kier molecular flexibility index (Phi) is 8.49. The Balaban J connectivity index is 1.77. The SMILES string of the molecule is COC[C@H]1CSc2c(-c3cc(O)c(F)cc3F)c(C(F)(F)F)cc3c(N4C[C@@H](C)N(C(=O)OC(C)(C)C)[C@@H](C)C4)nc(=O)n1c23. The number of aromatic hydroxyl groups is 1. The normalized spacial score (nSPS) is 20.6. The minimum absolute atomic E-state index is 0.00848. The summed E-state index contributed by atoms with van der Waals surface area (Å²) in [6, 6.07) is 0.204. The summed E-state index contributed by atoms with van der Waals surface area (Å²) in [4.78, 5) is 34.1. The molecular formula is C30H33F5N4O5S. The number of alkyl halides is 3. The highest BCUT2D eigenvalue weighted by Gasteiger charge is 2.42. The van der Waals surface area contributed by atoms with Crippen LogP contribution in [-0.2, 0) is 15.7 Å². The van der Waals surface area contributed by atoms with E-state index in [0.717, 1.165) is 17.8 Å². The molecule has 0 aliphatic carbocycles. The second-order valence-corrected chi connectivity index (χ2v) is 13.3. The first-order valence-electron chi connectivity index (χ1n) is 14.2. The average molecular weight is 657 g/mol. The van der Waals surface area contributed by atoms with Gasteiger partial charge in [0, 0.05) is 53.4 Å². The largest absolute Gasteiger partial charge is 0.505 e. The standard InChI is InChI=1S/C30H33F5N4O5S/c1-14-10-37(11-15(2)38(14)28(42)44-29(3,4)5)26-18-7-19(30(33,34)35)23(17-8-22(40)21(32)9-20(17)31)25-24(18)39(27(41)36-26)16(12-43-6)13-45-25/h7-9,14-16,40H,10-13H2,1-6H3/t14-,15+,16-/m0/s1. The van der Waals surface area contributed by atoms with Gasteiger partial charge in [-0.3, -0.25) is 9.47 Å². The van der Waals surface area contributed by atoms with E-state index in [9.17, 15) is 32.3 Å². The molecule has 3 aromatic rings. The number of hydrogen-bond donors (Lipinski definition) is 1. The Labute approximate surface area is 259 Å². The van der Waals surface area contributed by atoms with Gasteiger partial charge in [0.15, 0.2) is 11.6 Å². The number of anilines is 1. The third kappa shape index (κ3) is 6.03. The fourth-order valence-corrected chi connectivity index (χ4v) is 7.35. The van der Waals surface area contributed by atoms with Crippen LogP contribution >= 0.6 is 11.8 Å². The summed E-state index contributed by atoms with van der Waals surface area (Å²) in [7, 11) is 1.42. The van der Waals surface area contributed by atoms with E-state index in [0.29, 0.717) is 12.1 Å². The molecule has 9 nitrogen and oxygen atoms in total. The molecule has 2 aromatic carbocycles. The Bertz CT molecular complexity index is 1710. The molecule has 3 heterocycles. The molecule has 0 spiro atoms. The van der Waals surface area contributed by atoms with Crippen LogP contribution in [-0.4, -0.2) is 75.9 Å². The summed E-state index contributed by atoms with van der Waals surface area (Å²) in [5.74, 6) is -3.58. The molecule has 1 N–H and O–H groups in total. The molecule has 0 radical (unpaired) electrons. The van der Waals surface area contributed by atoms with Gasteiger partial charge in [-0.2, -0.15) is 18.2 Å². The van der Waals surface area contributed by atoms with Crippen molar-refractivity contribution in [1.29, 1.82) is 0 Å². The number of benzene rings is 2. The summed E-state index contributed by atoms with van der Waals surface area (Å²) in [6.45, 7) is 9.05. The average Bonchev–Trinajstić information content (AvgIpc) is 2.91. The zero-order chi connectivity index (χ0) is 33.2. The monoisotopic (exact) mass is 656 g/mol. The molecule has 0 saturated carbocycles. The number of carbonyl (C=O) groups is 1. The van der Waals surface area contributed by atoms with Crippen LogP contribution in [0, 0.1) is 11.6 Å². The second kappa shape index (κ2) is 11.6. The van der Waals surface area contributed by atoms with E-state index in [2.05, 4.69) is 4.98 Å². The molecule has 1 aromatic heterocycles. The van der Waals surface area contributed by atoms with Crippen molar-refractivity contribution in [2.24, 2.45) is 0 Å². The number of phenolic OH excluding ortho intramolecular Hbond substituents is 1. The Morgan fingerprint density at radius 3 is 2.31 bits per heavy atom. The molecule has 5 rings (SSSR count). The number of hydrogen-bond acceptors (Lipinski definition) is 8. The lowest BCUT2D eigenvalue weighted by Gasteiger charge is -2.45. The van der Waals surface area contributed by atoms with Crippen LogP contribution in [0.25, 0.3) is 22.0 Å². The number of methoxy groups -OCH3 is 1. The van der Waals surface area contributed by atoms with E-state index in [1.54, 1.807) is 44.4 Å². The highest BCUT2D eigenvalue weighted by molar-refractivity contribution is 7.99. The predicted octanol–water partition coefficient (Wildman–Crippen LogP) is 6.19. The van der Waals surface area contributed by atoms with E-state index in [1.807, 2.05) is 0 Å². The first-order valence-corrected chi connectivity index (χ1v) is 15.2. The minimum Gasteiger partial charge on any atom is -0.505 e. The fraction of sp³-hybridized carbons (Fsp3) is 0.500. The molecule has 1 saturated heterocycles. The third-order valence-electron chi connectivity index (χ3n) is 7.72. The molecule has 2 aliphatic rings. The number of phenols is 1. The molecule has 15 heteroatoms. The van der Waals surface area contributed by atoms with E-state index >= 15 is 4.39 Å². The van der Waals surface area contributed by atoms with Crippen molar-refractivity contribution >= 4 is 34.6 Å².